The third kappa shape index (κ3) is 69.9. The summed E-state index contributed by atoms with van der Waals surface area (Å²) in [7, 11) is 5.93. The fraction of sp³-hybridized carbons (Fsp3) is 0.785. The van der Waals surface area contributed by atoms with Gasteiger partial charge < -0.3 is 33.3 Å². The van der Waals surface area contributed by atoms with Crippen LogP contribution in [0.15, 0.2) is 85.1 Å². The highest BCUT2D eigenvalue weighted by Crippen LogP contribution is 2.19. The molecule has 510 valence electrons. The lowest BCUT2D eigenvalue weighted by Crippen LogP contribution is -2.44. The van der Waals surface area contributed by atoms with Gasteiger partial charge in [-0.3, -0.25) is 9.59 Å². The third-order valence-electron chi connectivity index (χ3n) is 16.4. The molecule has 9 heteroatoms. The number of hydrogen-bond acceptors (Lipinski definition) is 8. The Balaban J connectivity index is 4.06. The van der Waals surface area contributed by atoms with Gasteiger partial charge in [-0.15, -0.1) is 0 Å². The van der Waals surface area contributed by atoms with Crippen molar-refractivity contribution in [1.29, 1.82) is 0 Å². The SMILES string of the molecule is CC/C=C\C/C=C\C/C=C\C/C=C\C/C=C\C/C=C\C/C=C\CCCCCCCC(=O)OC(COC(=O)CCCCCCCCCCCCCCCCCCCCCCCCCCCCCCCCCCCCCC)COC(OCC[N+](C)(C)C)C(=O)[O-]. The van der Waals surface area contributed by atoms with E-state index in [1.165, 1.54) is 212 Å². The van der Waals surface area contributed by atoms with E-state index in [1.54, 1.807) is 0 Å². The molecule has 0 spiro atoms. The highest BCUT2D eigenvalue weighted by Gasteiger charge is 2.22. The van der Waals surface area contributed by atoms with Crippen molar-refractivity contribution in [2.24, 2.45) is 0 Å². The van der Waals surface area contributed by atoms with Crippen molar-refractivity contribution in [2.45, 2.75) is 354 Å². The molecule has 2 atom stereocenters. The number of carboxylic acids is 1. The molecule has 0 bridgehead atoms. The Morgan fingerprint density at radius 2 is 0.648 bits per heavy atom. The van der Waals surface area contributed by atoms with Crippen LogP contribution in [0.3, 0.4) is 0 Å². The molecule has 0 heterocycles. The molecule has 9 nitrogen and oxygen atoms in total. The molecule has 0 amide bonds. The Morgan fingerprint density at radius 1 is 0.352 bits per heavy atom. The molecule has 0 aliphatic heterocycles. The predicted octanol–water partition coefficient (Wildman–Crippen LogP) is 22.1. The maximum Gasteiger partial charge on any atom is 0.306 e. The number of hydrogen-bond donors (Lipinski definition) is 0. The summed E-state index contributed by atoms with van der Waals surface area (Å²) in [4.78, 5) is 37.5. The Bertz CT molecular complexity index is 1720. The largest absolute Gasteiger partial charge is 0.545 e. The quantitative estimate of drug-likeness (QED) is 0.0195. The van der Waals surface area contributed by atoms with Gasteiger partial charge in [-0.2, -0.15) is 0 Å². The highest BCUT2D eigenvalue weighted by atomic mass is 16.7. The lowest BCUT2D eigenvalue weighted by Gasteiger charge is -2.26. The van der Waals surface area contributed by atoms with Gasteiger partial charge in [-0.25, -0.2) is 0 Å². The number of ether oxygens (including phenoxy) is 4. The summed E-state index contributed by atoms with van der Waals surface area (Å²) in [6, 6.07) is 0. The number of quaternary nitrogens is 1. The van der Waals surface area contributed by atoms with Crippen LogP contribution in [0.25, 0.3) is 0 Å². The summed E-state index contributed by atoms with van der Waals surface area (Å²) in [5.74, 6) is -2.30. The van der Waals surface area contributed by atoms with E-state index in [1.807, 2.05) is 21.1 Å². The topological polar surface area (TPSA) is 111 Å². The summed E-state index contributed by atoms with van der Waals surface area (Å²) in [6.45, 7) is 4.65. The number of likely N-dealkylation sites (N-methyl/N-ethyl adjacent to an activating group) is 1. The highest BCUT2D eigenvalue weighted by molar-refractivity contribution is 5.70. The molecule has 0 aromatic heterocycles. The van der Waals surface area contributed by atoms with Crippen molar-refractivity contribution >= 4 is 17.9 Å². The molecule has 0 saturated carbocycles. The number of allylic oxidation sites excluding steroid dienone is 14. The normalized spacial score (nSPS) is 13.1. The van der Waals surface area contributed by atoms with Crippen LogP contribution in [0.5, 0.6) is 0 Å². The van der Waals surface area contributed by atoms with E-state index in [2.05, 4.69) is 98.9 Å². The average Bonchev–Trinajstić information content (AvgIpc) is 3.54. The molecule has 0 N–H and O–H groups in total. The number of carboxylic acid groups (broad SMARTS) is 1. The number of unbranched alkanes of at least 4 members (excludes halogenated alkanes) is 40. The zero-order valence-electron chi connectivity index (χ0n) is 58.3. The third-order valence-corrected chi connectivity index (χ3v) is 16.4. The van der Waals surface area contributed by atoms with Gasteiger partial charge in [0.1, 0.15) is 13.2 Å². The first-order chi connectivity index (χ1) is 43.1. The Morgan fingerprint density at radius 3 is 0.966 bits per heavy atom. The zero-order valence-corrected chi connectivity index (χ0v) is 58.3. The van der Waals surface area contributed by atoms with Crippen molar-refractivity contribution in [1.82, 2.24) is 0 Å². The molecule has 88 heavy (non-hydrogen) atoms. The van der Waals surface area contributed by atoms with Crippen molar-refractivity contribution in [2.75, 3.05) is 47.5 Å². The van der Waals surface area contributed by atoms with Gasteiger partial charge in [0.2, 0.25) is 0 Å². The molecule has 0 rings (SSSR count). The maximum absolute atomic E-state index is 12.9. The number of aliphatic carboxylic acids is 1. The Hall–Kier alpha value is -3.53. The van der Waals surface area contributed by atoms with Crippen molar-refractivity contribution in [3.63, 3.8) is 0 Å². The van der Waals surface area contributed by atoms with E-state index < -0.39 is 24.3 Å². The molecule has 2 unspecified atom stereocenters. The smallest absolute Gasteiger partial charge is 0.306 e. The summed E-state index contributed by atoms with van der Waals surface area (Å²) in [6.07, 6.45) is 91.2. The minimum atomic E-state index is -1.63. The number of carbonyl (C=O) groups is 3. The standard InChI is InChI=1S/C79H141NO8/c1-6-8-10-12-14-16-18-20-22-24-26-28-30-32-34-35-36-37-38-39-40-41-42-44-45-47-49-51-53-55-57-59-61-63-65-67-69-76(81)86-73-75(74-87-79(78(83)84)85-72-71-80(3,4)5)88-77(82)70-68-66-64-62-60-58-56-54-52-50-48-46-43-33-31-29-27-25-23-21-19-17-15-13-11-9-7-2/h9,11,15,17,21,23,27,29,33,43,48,50,54,56,75,79H,6-8,10,12-14,16,18-20,22,24-26,28,30-32,34-42,44-47,49,51-53,55,57-74H2,1-5H3/b11-9-,17-15-,23-21-,29-27-,43-33-,50-48-,56-54-. The molecule has 0 saturated heterocycles. The van der Waals surface area contributed by atoms with Gasteiger partial charge in [0, 0.05) is 12.8 Å². The van der Waals surface area contributed by atoms with E-state index in [0.29, 0.717) is 17.4 Å². The molecule has 0 fully saturated rings. The van der Waals surface area contributed by atoms with Crippen LogP contribution in [0.4, 0.5) is 0 Å². The van der Waals surface area contributed by atoms with Gasteiger partial charge in [-0.05, 0) is 70.6 Å². The van der Waals surface area contributed by atoms with Crippen LogP contribution in [0, 0.1) is 0 Å². The summed E-state index contributed by atoms with van der Waals surface area (Å²) in [5.41, 5.74) is 0. The van der Waals surface area contributed by atoms with E-state index in [0.717, 1.165) is 96.3 Å². The second-order valence-electron chi connectivity index (χ2n) is 26.2. The summed E-state index contributed by atoms with van der Waals surface area (Å²) in [5, 5.41) is 11.8. The van der Waals surface area contributed by atoms with Gasteiger partial charge in [0.05, 0.1) is 40.3 Å². The van der Waals surface area contributed by atoms with Crippen LogP contribution >= 0.6 is 0 Å². The van der Waals surface area contributed by atoms with Gasteiger partial charge >= 0.3 is 11.9 Å². The molecular formula is C79H141NO8. The van der Waals surface area contributed by atoms with E-state index in [9.17, 15) is 19.5 Å². The monoisotopic (exact) mass is 1230 g/mol. The number of rotatable bonds is 69. The minimum Gasteiger partial charge on any atom is -0.545 e. The average molecular weight is 1230 g/mol. The summed E-state index contributed by atoms with van der Waals surface area (Å²) >= 11 is 0. The van der Waals surface area contributed by atoms with Crippen LogP contribution in [-0.4, -0.2) is 82.3 Å². The van der Waals surface area contributed by atoms with Crippen LogP contribution in [0.1, 0.15) is 341 Å². The van der Waals surface area contributed by atoms with Crippen LogP contribution in [0.2, 0.25) is 0 Å². The number of carbonyl (C=O) groups excluding carboxylic acids is 3. The van der Waals surface area contributed by atoms with Crippen molar-refractivity contribution in [3.8, 4) is 0 Å². The molecule has 0 aromatic rings. The Labute approximate surface area is 544 Å². The van der Waals surface area contributed by atoms with Gasteiger partial charge in [-0.1, -0.05) is 343 Å². The minimum absolute atomic E-state index is 0.141. The van der Waals surface area contributed by atoms with E-state index >= 15 is 0 Å². The summed E-state index contributed by atoms with van der Waals surface area (Å²) < 4.78 is 22.8. The molecule has 0 aromatic carbocycles. The van der Waals surface area contributed by atoms with E-state index in [-0.39, 0.29) is 38.6 Å². The van der Waals surface area contributed by atoms with Crippen molar-refractivity contribution in [3.05, 3.63) is 85.1 Å². The first-order valence-electron chi connectivity index (χ1n) is 37.2. The predicted molar refractivity (Wildman–Crippen MR) is 375 cm³/mol. The lowest BCUT2D eigenvalue weighted by atomic mass is 10.0. The van der Waals surface area contributed by atoms with Gasteiger partial charge in [0.15, 0.2) is 12.4 Å². The number of nitrogens with zero attached hydrogens (tertiary/aromatic N) is 1. The lowest BCUT2D eigenvalue weighted by molar-refractivity contribution is -0.870. The van der Waals surface area contributed by atoms with Gasteiger partial charge in [0.25, 0.3) is 0 Å². The maximum atomic E-state index is 12.9. The molecule has 0 radical (unpaired) electrons. The van der Waals surface area contributed by atoms with E-state index in [4.69, 9.17) is 18.9 Å². The Kier molecular flexibility index (Phi) is 66.6. The van der Waals surface area contributed by atoms with Crippen LogP contribution in [-0.2, 0) is 33.3 Å². The first-order valence-corrected chi connectivity index (χ1v) is 37.2. The fourth-order valence-corrected chi connectivity index (χ4v) is 10.8. The molecule has 0 aliphatic rings. The molecule has 0 aliphatic carbocycles. The van der Waals surface area contributed by atoms with Crippen molar-refractivity contribution < 1.29 is 42.9 Å². The second kappa shape index (κ2) is 69.4. The second-order valence-corrected chi connectivity index (χ2v) is 26.2. The zero-order chi connectivity index (χ0) is 64.0. The first kappa shape index (κ1) is 84.5. The number of esters is 2. The molecular weight excluding hydrogens is 1090 g/mol. The fourth-order valence-electron chi connectivity index (χ4n) is 10.8. The van der Waals surface area contributed by atoms with Crippen LogP contribution < -0.4 is 5.11 Å².